The molecule has 1 N–H and O–H groups in total. The highest BCUT2D eigenvalue weighted by Crippen LogP contribution is 2.43. The van der Waals surface area contributed by atoms with E-state index < -0.39 is 11.1 Å². The zero-order valence-corrected chi connectivity index (χ0v) is 13.8. The highest BCUT2D eigenvalue weighted by molar-refractivity contribution is 7.11. The van der Waals surface area contributed by atoms with Gasteiger partial charge >= 0.3 is 6.18 Å². The summed E-state index contributed by atoms with van der Waals surface area (Å²) in [4.78, 5) is 11.4. The topological polar surface area (TPSA) is 94.2 Å². The van der Waals surface area contributed by atoms with Crippen molar-refractivity contribution >= 4 is 11.3 Å². The van der Waals surface area contributed by atoms with Crippen LogP contribution in [0.2, 0.25) is 0 Å². The van der Waals surface area contributed by atoms with E-state index in [4.69, 9.17) is 14.4 Å². The zero-order chi connectivity index (χ0) is 18.3. The SMILES string of the molecule is Oc1cc(-c2cnc(O[C@H]3C[C@@H](c4ncc(C(F)(F)F)s4)C3)cn2)on1. The van der Waals surface area contributed by atoms with Crippen LogP contribution in [0.25, 0.3) is 11.5 Å². The van der Waals surface area contributed by atoms with Crippen LogP contribution in [0.1, 0.15) is 28.6 Å². The first-order valence-electron chi connectivity index (χ1n) is 7.56. The van der Waals surface area contributed by atoms with Gasteiger partial charge in [-0.2, -0.15) is 13.2 Å². The molecule has 136 valence electrons. The average Bonchev–Trinajstić information content (AvgIpc) is 3.20. The summed E-state index contributed by atoms with van der Waals surface area (Å²) in [5.74, 6) is 0.287. The third-order valence-electron chi connectivity index (χ3n) is 3.91. The summed E-state index contributed by atoms with van der Waals surface area (Å²) in [6.07, 6.45) is 0.351. The zero-order valence-electron chi connectivity index (χ0n) is 13.0. The molecule has 0 atom stereocenters. The number of rotatable bonds is 4. The molecule has 4 rings (SSSR count). The minimum Gasteiger partial charge on any atom is -0.491 e. The first kappa shape index (κ1) is 16.8. The molecule has 1 fully saturated rings. The molecule has 3 heterocycles. The van der Waals surface area contributed by atoms with E-state index in [0.717, 1.165) is 6.20 Å². The maximum atomic E-state index is 12.6. The number of hydrogen-bond acceptors (Lipinski definition) is 8. The third-order valence-corrected chi connectivity index (χ3v) is 5.12. The molecule has 3 aromatic rings. The summed E-state index contributed by atoms with van der Waals surface area (Å²) in [5.41, 5.74) is 0.388. The van der Waals surface area contributed by atoms with E-state index >= 15 is 0 Å². The Kier molecular flexibility index (Phi) is 4.02. The summed E-state index contributed by atoms with van der Waals surface area (Å²) >= 11 is 0.677. The molecule has 3 aromatic heterocycles. The van der Waals surface area contributed by atoms with Crippen LogP contribution in [0.4, 0.5) is 13.2 Å². The molecule has 0 amide bonds. The van der Waals surface area contributed by atoms with Gasteiger partial charge in [0.05, 0.1) is 29.7 Å². The molecule has 0 aromatic carbocycles. The first-order chi connectivity index (χ1) is 12.4. The van der Waals surface area contributed by atoms with Gasteiger partial charge in [0.25, 0.3) is 5.88 Å². The highest BCUT2D eigenvalue weighted by Gasteiger charge is 2.38. The molecule has 0 aliphatic heterocycles. The van der Waals surface area contributed by atoms with Gasteiger partial charge in [-0.05, 0) is 18.0 Å². The molecule has 0 saturated heterocycles. The second-order valence-electron chi connectivity index (χ2n) is 5.76. The monoisotopic (exact) mass is 384 g/mol. The Bertz CT molecular complexity index is 904. The number of ether oxygens (including phenoxy) is 1. The van der Waals surface area contributed by atoms with Gasteiger partial charge in [0.2, 0.25) is 5.88 Å². The molecule has 0 spiro atoms. The molecular weight excluding hydrogens is 373 g/mol. The van der Waals surface area contributed by atoms with Gasteiger partial charge < -0.3 is 14.4 Å². The predicted molar refractivity (Wildman–Crippen MR) is 82.7 cm³/mol. The normalized spacial score (nSPS) is 20.0. The van der Waals surface area contributed by atoms with Crippen LogP contribution in [0.3, 0.4) is 0 Å². The van der Waals surface area contributed by atoms with Gasteiger partial charge in [-0.3, -0.25) is 0 Å². The standard InChI is InChI=1S/C15H11F3N4O3S/c16-15(17,18)11-5-21-14(26-11)7-1-8(2-7)24-13-6-19-9(4-20-13)10-3-12(23)22-25-10/h3-8H,1-2H2,(H,22,23)/t7-,8+. The fraction of sp³-hybridized carbons (Fsp3) is 0.333. The average molecular weight is 384 g/mol. The van der Waals surface area contributed by atoms with Crippen molar-refractivity contribution in [2.75, 3.05) is 0 Å². The number of thiazole rings is 1. The van der Waals surface area contributed by atoms with Crippen LogP contribution < -0.4 is 4.74 Å². The van der Waals surface area contributed by atoms with Crippen LogP contribution in [0, 0.1) is 0 Å². The van der Waals surface area contributed by atoms with Crippen molar-refractivity contribution in [1.29, 1.82) is 0 Å². The lowest BCUT2D eigenvalue weighted by molar-refractivity contribution is -0.134. The molecular formula is C15H11F3N4O3S. The molecule has 0 radical (unpaired) electrons. The van der Waals surface area contributed by atoms with E-state index in [-0.39, 0.29) is 23.7 Å². The van der Waals surface area contributed by atoms with Crippen LogP contribution in [-0.4, -0.2) is 31.3 Å². The summed E-state index contributed by atoms with van der Waals surface area (Å²) in [6.45, 7) is 0. The maximum absolute atomic E-state index is 12.6. The second-order valence-corrected chi connectivity index (χ2v) is 6.82. The Labute approximate surface area is 148 Å². The minimum atomic E-state index is -4.35. The molecule has 1 saturated carbocycles. The molecule has 0 bridgehead atoms. The van der Waals surface area contributed by atoms with Crippen molar-refractivity contribution < 1.29 is 27.5 Å². The number of alkyl halides is 3. The molecule has 1 aliphatic carbocycles. The van der Waals surface area contributed by atoms with Crippen molar-refractivity contribution in [3.8, 4) is 23.2 Å². The summed E-state index contributed by atoms with van der Waals surface area (Å²) in [5, 5.41) is 13.0. The number of hydrogen-bond donors (Lipinski definition) is 1. The van der Waals surface area contributed by atoms with Crippen molar-refractivity contribution in [2.45, 2.75) is 31.0 Å². The number of aromatic hydroxyl groups is 1. The first-order valence-corrected chi connectivity index (χ1v) is 8.38. The van der Waals surface area contributed by atoms with Gasteiger partial charge in [0.1, 0.15) is 16.7 Å². The predicted octanol–water partition coefficient (Wildman–Crippen LogP) is 3.64. The smallest absolute Gasteiger partial charge is 0.427 e. The molecule has 1 aliphatic rings. The van der Waals surface area contributed by atoms with E-state index in [0.29, 0.717) is 40.8 Å². The van der Waals surface area contributed by atoms with Crippen LogP contribution in [-0.2, 0) is 6.18 Å². The van der Waals surface area contributed by atoms with E-state index in [2.05, 4.69) is 20.1 Å². The Morgan fingerprint density at radius 3 is 2.54 bits per heavy atom. The molecule has 7 nitrogen and oxygen atoms in total. The van der Waals surface area contributed by atoms with Gasteiger partial charge in [-0.15, -0.1) is 11.3 Å². The quantitative estimate of drug-likeness (QED) is 0.734. The Morgan fingerprint density at radius 1 is 1.15 bits per heavy atom. The lowest BCUT2D eigenvalue weighted by Crippen LogP contribution is -2.32. The van der Waals surface area contributed by atoms with E-state index in [1.165, 1.54) is 18.5 Å². The molecule has 11 heteroatoms. The molecule has 26 heavy (non-hydrogen) atoms. The number of nitrogens with zero attached hydrogens (tertiary/aromatic N) is 4. The largest absolute Gasteiger partial charge is 0.491 e. The third kappa shape index (κ3) is 3.34. The van der Waals surface area contributed by atoms with E-state index in [9.17, 15) is 13.2 Å². The highest BCUT2D eigenvalue weighted by atomic mass is 32.1. The van der Waals surface area contributed by atoms with E-state index in [1.807, 2.05) is 0 Å². The number of aromatic nitrogens is 4. The van der Waals surface area contributed by atoms with Gasteiger partial charge in [-0.1, -0.05) is 0 Å². The van der Waals surface area contributed by atoms with Gasteiger partial charge in [0.15, 0.2) is 5.76 Å². The Balaban J connectivity index is 1.33. The Morgan fingerprint density at radius 2 is 1.96 bits per heavy atom. The summed E-state index contributed by atoms with van der Waals surface area (Å²) < 4.78 is 48.4. The van der Waals surface area contributed by atoms with Crippen LogP contribution in [0.5, 0.6) is 11.8 Å². The lowest BCUT2D eigenvalue weighted by atomic mass is 9.83. The fourth-order valence-electron chi connectivity index (χ4n) is 2.53. The Hall–Kier alpha value is -2.69. The van der Waals surface area contributed by atoms with Gasteiger partial charge in [0, 0.05) is 5.92 Å². The summed E-state index contributed by atoms with van der Waals surface area (Å²) in [6, 6.07) is 1.31. The van der Waals surface area contributed by atoms with Gasteiger partial charge in [-0.25, -0.2) is 15.0 Å². The van der Waals surface area contributed by atoms with E-state index in [1.54, 1.807) is 0 Å². The second kappa shape index (κ2) is 6.24. The van der Waals surface area contributed by atoms with Crippen LogP contribution >= 0.6 is 11.3 Å². The fourth-order valence-corrected chi connectivity index (χ4v) is 3.44. The van der Waals surface area contributed by atoms with Crippen molar-refractivity contribution in [2.24, 2.45) is 0 Å². The summed E-state index contributed by atoms with van der Waals surface area (Å²) in [7, 11) is 0. The lowest BCUT2D eigenvalue weighted by Gasteiger charge is -2.33. The maximum Gasteiger partial charge on any atom is 0.427 e. The van der Waals surface area contributed by atoms with Crippen molar-refractivity contribution in [1.82, 2.24) is 20.1 Å². The number of halogens is 3. The van der Waals surface area contributed by atoms with Crippen molar-refractivity contribution in [3.05, 3.63) is 34.5 Å². The van der Waals surface area contributed by atoms with Crippen LogP contribution in [0.15, 0.2) is 29.2 Å². The minimum absolute atomic E-state index is 0.0366. The molecule has 0 unspecified atom stereocenters. The van der Waals surface area contributed by atoms with Crippen molar-refractivity contribution in [3.63, 3.8) is 0 Å².